The number of aromatic nitrogens is 2. The van der Waals surface area contributed by atoms with Gasteiger partial charge in [0.15, 0.2) is 0 Å². The molecule has 0 aliphatic carbocycles. The van der Waals surface area contributed by atoms with Gasteiger partial charge in [-0.25, -0.2) is 0 Å². The number of hydrogen-bond donors (Lipinski definition) is 0. The predicted molar refractivity (Wildman–Crippen MR) is 306 cm³/mol. The van der Waals surface area contributed by atoms with Crippen LogP contribution < -0.4 is 9.80 Å². The van der Waals surface area contributed by atoms with E-state index in [1.807, 2.05) is 0 Å². The van der Waals surface area contributed by atoms with Crippen LogP contribution in [0.25, 0.3) is 98.1 Å². The number of anilines is 6. The van der Waals surface area contributed by atoms with Crippen molar-refractivity contribution in [2.75, 3.05) is 9.80 Å². The van der Waals surface area contributed by atoms with Crippen LogP contribution in [0.15, 0.2) is 267 Å². The van der Waals surface area contributed by atoms with Crippen molar-refractivity contribution in [3.63, 3.8) is 0 Å². The number of fused-ring (bicyclic) bond motifs is 10. The number of nitrogens with zero attached hydrogens (tertiary/aromatic N) is 4. The van der Waals surface area contributed by atoms with E-state index in [4.69, 9.17) is 0 Å². The van der Waals surface area contributed by atoms with E-state index < -0.39 is 0 Å². The van der Waals surface area contributed by atoms with Crippen molar-refractivity contribution in [1.82, 2.24) is 9.13 Å². The highest BCUT2D eigenvalue weighted by atomic mass is 15.2. The van der Waals surface area contributed by atoms with Crippen LogP contribution in [-0.2, 0) is 0 Å². The Morgan fingerprint density at radius 3 is 0.861 bits per heavy atom. The Kier molecular flexibility index (Phi) is 8.92. The summed E-state index contributed by atoms with van der Waals surface area (Å²) in [6.07, 6.45) is 0. The van der Waals surface area contributed by atoms with Crippen LogP contribution in [-0.4, -0.2) is 9.13 Å². The molecule has 0 unspecified atom stereocenters. The molecule has 0 atom stereocenters. The molecular formula is C68H44N4. The summed E-state index contributed by atoms with van der Waals surface area (Å²) in [7, 11) is 0. The molecule has 0 N–H and O–H groups in total. The molecule has 0 spiro atoms. The van der Waals surface area contributed by atoms with Gasteiger partial charge < -0.3 is 18.9 Å². The molecule has 336 valence electrons. The third-order valence-electron chi connectivity index (χ3n) is 14.9. The maximum absolute atomic E-state index is 2.50. The third kappa shape index (κ3) is 5.99. The minimum atomic E-state index is 1.10. The molecule has 0 radical (unpaired) electrons. The van der Waals surface area contributed by atoms with Gasteiger partial charge in [-0.15, -0.1) is 0 Å². The quantitative estimate of drug-likeness (QED) is 0.112. The average molecular weight is 917 g/mol. The Balaban J connectivity index is 1.06. The van der Waals surface area contributed by atoms with Gasteiger partial charge in [-0.2, -0.15) is 0 Å². The Morgan fingerprint density at radius 2 is 0.514 bits per heavy atom. The average Bonchev–Trinajstić information content (AvgIpc) is 3.96. The first-order chi connectivity index (χ1) is 35.8. The summed E-state index contributed by atoms with van der Waals surface area (Å²) in [6.45, 7) is 0. The molecule has 4 nitrogen and oxygen atoms in total. The zero-order valence-electron chi connectivity index (χ0n) is 39.2. The second kappa shape index (κ2) is 16.0. The first kappa shape index (κ1) is 40.3. The molecule has 0 fully saturated rings. The van der Waals surface area contributed by atoms with Gasteiger partial charge in [-0.3, -0.25) is 0 Å². The fourth-order valence-corrected chi connectivity index (χ4v) is 12.0. The summed E-state index contributed by atoms with van der Waals surface area (Å²) >= 11 is 0. The van der Waals surface area contributed by atoms with Gasteiger partial charge in [0.25, 0.3) is 0 Å². The van der Waals surface area contributed by atoms with E-state index in [0.29, 0.717) is 0 Å². The number of hydrogen-bond acceptors (Lipinski definition) is 2. The van der Waals surface area contributed by atoms with E-state index in [9.17, 15) is 0 Å². The molecule has 15 rings (SSSR count). The van der Waals surface area contributed by atoms with Crippen LogP contribution in [0.5, 0.6) is 0 Å². The number of rotatable bonds is 8. The van der Waals surface area contributed by atoms with E-state index in [1.54, 1.807) is 0 Å². The van der Waals surface area contributed by atoms with Crippen molar-refractivity contribution in [2.45, 2.75) is 0 Å². The molecule has 0 saturated heterocycles. The van der Waals surface area contributed by atoms with Crippen LogP contribution in [0.1, 0.15) is 0 Å². The standard InChI is InChI=1S/C68H44N4/c1-7-21-45(22-8-1)69(46-23-9-2-10-24-46)51-37-39-55-61(41-51)71(49-29-15-5-16-30-49)63-43-59-60-44-64-68(58-36-20-34-54(66(58)60)53-33-19-35-57(65(53)59)67(55)63)56-40-38-52(42-62(56)72(64)50-31-17-6-18-32-50)70(47-25-11-3-12-26-47)48-27-13-4-14-28-48/h1-44H. The van der Waals surface area contributed by atoms with Crippen molar-refractivity contribution in [3.8, 4) is 11.4 Å². The highest BCUT2D eigenvalue weighted by molar-refractivity contribution is 6.41. The minimum Gasteiger partial charge on any atom is -0.310 e. The van der Waals surface area contributed by atoms with E-state index >= 15 is 0 Å². The van der Waals surface area contributed by atoms with Crippen molar-refractivity contribution in [2.24, 2.45) is 0 Å². The van der Waals surface area contributed by atoms with Crippen LogP contribution in [0, 0.1) is 0 Å². The highest BCUT2D eigenvalue weighted by Crippen LogP contribution is 2.50. The lowest BCUT2D eigenvalue weighted by Crippen LogP contribution is -2.09. The van der Waals surface area contributed by atoms with Gasteiger partial charge in [0.2, 0.25) is 0 Å². The fourth-order valence-electron chi connectivity index (χ4n) is 12.0. The van der Waals surface area contributed by atoms with E-state index in [0.717, 1.165) is 56.5 Å². The summed E-state index contributed by atoms with van der Waals surface area (Å²) in [6, 6.07) is 97.6. The SMILES string of the molecule is c1ccc(N(c2ccccc2)c2ccc3c4c5cccc6c7cccc8c7c(cc7c8c8ccc(N(c9ccccc9)c9ccccc9)cc8n7-c7ccccc7)c(cc4n(-c4ccccc4)c3c2)c65)cc1. The summed E-state index contributed by atoms with van der Waals surface area (Å²) in [5.74, 6) is 0. The van der Waals surface area contributed by atoms with Gasteiger partial charge in [0, 0.05) is 67.0 Å². The molecule has 0 bridgehead atoms. The molecule has 2 heterocycles. The zero-order chi connectivity index (χ0) is 47.3. The van der Waals surface area contributed by atoms with E-state index in [1.165, 1.54) is 75.7 Å². The van der Waals surface area contributed by atoms with Gasteiger partial charge in [-0.05, 0) is 152 Å². The lowest BCUT2D eigenvalue weighted by molar-refractivity contribution is 1.18. The van der Waals surface area contributed by atoms with Crippen LogP contribution in [0.2, 0.25) is 0 Å². The summed E-state index contributed by atoms with van der Waals surface area (Å²) in [5, 5.41) is 15.1. The maximum Gasteiger partial charge on any atom is 0.0562 e. The second-order valence-electron chi connectivity index (χ2n) is 18.9. The lowest BCUT2D eigenvalue weighted by Gasteiger charge is -2.25. The monoisotopic (exact) mass is 916 g/mol. The molecule has 2 aromatic heterocycles. The van der Waals surface area contributed by atoms with Crippen LogP contribution in [0.4, 0.5) is 34.1 Å². The van der Waals surface area contributed by atoms with Crippen molar-refractivity contribution >= 4 is 121 Å². The van der Waals surface area contributed by atoms with Crippen molar-refractivity contribution in [3.05, 3.63) is 267 Å². The molecule has 4 heteroatoms. The Labute approximate surface area is 416 Å². The summed E-state index contributed by atoms with van der Waals surface area (Å²) in [5.41, 5.74) is 13.6. The predicted octanol–water partition coefficient (Wildman–Crippen LogP) is 18.9. The maximum atomic E-state index is 2.50. The first-order valence-corrected chi connectivity index (χ1v) is 24.8. The van der Waals surface area contributed by atoms with Crippen molar-refractivity contribution < 1.29 is 0 Å². The Bertz CT molecular complexity index is 4160. The number of para-hydroxylation sites is 6. The molecule has 72 heavy (non-hydrogen) atoms. The number of benzene rings is 13. The van der Waals surface area contributed by atoms with E-state index in [-0.39, 0.29) is 0 Å². The fraction of sp³-hybridized carbons (Fsp3) is 0. The van der Waals surface area contributed by atoms with Crippen molar-refractivity contribution in [1.29, 1.82) is 0 Å². The molecule has 0 aliphatic rings. The normalized spacial score (nSPS) is 11.9. The van der Waals surface area contributed by atoms with Crippen LogP contribution >= 0.6 is 0 Å². The molecular weight excluding hydrogens is 873 g/mol. The van der Waals surface area contributed by atoms with Gasteiger partial charge in [-0.1, -0.05) is 158 Å². The first-order valence-electron chi connectivity index (χ1n) is 24.8. The molecule has 0 aliphatic heterocycles. The summed E-state index contributed by atoms with van der Waals surface area (Å²) in [4.78, 5) is 4.72. The molecule has 0 amide bonds. The van der Waals surface area contributed by atoms with Gasteiger partial charge in [0.05, 0.1) is 22.1 Å². The topological polar surface area (TPSA) is 16.3 Å². The Hall–Kier alpha value is -9.64. The van der Waals surface area contributed by atoms with E-state index in [2.05, 4.69) is 286 Å². The molecule has 0 saturated carbocycles. The molecule has 15 aromatic rings. The third-order valence-corrected chi connectivity index (χ3v) is 14.9. The highest BCUT2D eigenvalue weighted by Gasteiger charge is 2.25. The minimum absolute atomic E-state index is 1.10. The smallest absolute Gasteiger partial charge is 0.0562 e. The summed E-state index contributed by atoms with van der Waals surface area (Å²) < 4.78 is 4.99. The second-order valence-corrected chi connectivity index (χ2v) is 18.9. The largest absolute Gasteiger partial charge is 0.310 e. The van der Waals surface area contributed by atoms with Gasteiger partial charge >= 0.3 is 0 Å². The lowest BCUT2D eigenvalue weighted by atomic mass is 9.87. The molecule has 13 aromatic carbocycles. The zero-order valence-corrected chi connectivity index (χ0v) is 39.2. The Morgan fingerprint density at radius 1 is 0.194 bits per heavy atom. The van der Waals surface area contributed by atoms with Crippen LogP contribution in [0.3, 0.4) is 0 Å². The van der Waals surface area contributed by atoms with Gasteiger partial charge in [0.1, 0.15) is 0 Å².